The van der Waals surface area contributed by atoms with Gasteiger partial charge in [-0.3, -0.25) is 10.1 Å². The average molecular weight is 333 g/mol. The lowest BCUT2D eigenvalue weighted by molar-refractivity contribution is -0.385. The first-order chi connectivity index (χ1) is 9.79. The molecule has 8 nitrogen and oxygen atoms in total. The number of nitrogens with zero attached hydrogens (tertiary/aromatic N) is 3. The summed E-state index contributed by atoms with van der Waals surface area (Å²) in [5.74, 6) is -1.61. The number of nitrogens with one attached hydrogen (secondary N) is 1. The van der Waals surface area contributed by atoms with Crippen LogP contribution in [0.5, 0.6) is 0 Å². The maximum absolute atomic E-state index is 13.7. The number of hydrogen-bond donors (Lipinski definition) is 1. The first-order valence-electron chi connectivity index (χ1n) is 5.25. The Kier molecular flexibility index (Phi) is 4.00. The Morgan fingerprint density at radius 2 is 2.05 bits per heavy atom. The van der Waals surface area contributed by atoms with Gasteiger partial charge in [0.05, 0.1) is 11.0 Å². The second-order valence-electron chi connectivity index (χ2n) is 3.68. The van der Waals surface area contributed by atoms with Gasteiger partial charge < -0.3 is 0 Å². The highest BCUT2D eigenvalue weighted by Crippen LogP contribution is 2.22. The van der Waals surface area contributed by atoms with E-state index in [1.54, 1.807) is 0 Å². The first kappa shape index (κ1) is 15.1. The number of anilines is 1. The van der Waals surface area contributed by atoms with Crippen LogP contribution in [0.4, 0.5) is 16.0 Å². The molecule has 0 saturated heterocycles. The van der Waals surface area contributed by atoms with Crippen LogP contribution in [-0.4, -0.2) is 23.3 Å². The van der Waals surface area contributed by atoms with Crippen LogP contribution in [-0.2, 0) is 10.0 Å². The summed E-state index contributed by atoms with van der Waals surface area (Å²) < 4.78 is 39.6. The zero-order valence-corrected chi connectivity index (χ0v) is 11.6. The van der Waals surface area contributed by atoms with Crippen LogP contribution in [0, 0.1) is 15.9 Å². The molecular formula is C10H6ClFN4O4S. The number of hydrogen-bond acceptors (Lipinski definition) is 6. The molecule has 110 valence electrons. The molecule has 21 heavy (non-hydrogen) atoms. The molecule has 0 radical (unpaired) electrons. The van der Waals surface area contributed by atoms with Gasteiger partial charge in [0, 0.05) is 12.3 Å². The van der Waals surface area contributed by atoms with Gasteiger partial charge in [0.1, 0.15) is 10.0 Å². The fraction of sp³-hybridized carbons (Fsp3) is 0. The second kappa shape index (κ2) is 5.58. The van der Waals surface area contributed by atoms with E-state index in [1.807, 2.05) is 4.72 Å². The topological polar surface area (TPSA) is 115 Å². The standard InChI is InChI=1S/C10H6ClFN4O4S/c11-9-3-4-13-10(14-9)15-21(19,20)8-2-1-6(16(17)18)5-7(8)12/h1-5H,(H,13,14,15). The largest absolute Gasteiger partial charge is 0.272 e. The molecule has 0 bridgehead atoms. The summed E-state index contributed by atoms with van der Waals surface area (Å²) in [6, 6.07) is 3.48. The number of rotatable bonds is 4. The fourth-order valence-electron chi connectivity index (χ4n) is 1.38. The van der Waals surface area contributed by atoms with Crippen LogP contribution in [0.25, 0.3) is 0 Å². The Morgan fingerprint density at radius 3 is 2.62 bits per heavy atom. The van der Waals surface area contributed by atoms with Crippen molar-refractivity contribution in [1.82, 2.24) is 9.97 Å². The van der Waals surface area contributed by atoms with E-state index in [2.05, 4.69) is 9.97 Å². The van der Waals surface area contributed by atoms with Crippen molar-refractivity contribution in [3.8, 4) is 0 Å². The number of sulfonamides is 1. The van der Waals surface area contributed by atoms with E-state index in [1.165, 1.54) is 12.3 Å². The zero-order valence-electron chi connectivity index (χ0n) is 10.0. The van der Waals surface area contributed by atoms with Crippen molar-refractivity contribution < 1.29 is 17.7 Å². The normalized spacial score (nSPS) is 11.1. The summed E-state index contributed by atoms with van der Waals surface area (Å²) in [5, 5.41) is 10.5. The number of nitro groups is 1. The van der Waals surface area contributed by atoms with E-state index in [9.17, 15) is 22.9 Å². The number of benzene rings is 1. The number of nitro benzene ring substituents is 1. The number of halogens is 2. The monoisotopic (exact) mass is 332 g/mol. The Bertz CT molecular complexity index is 814. The second-order valence-corrected chi connectivity index (χ2v) is 5.72. The SMILES string of the molecule is O=[N+]([O-])c1ccc(S(=O)(=O)Nc2nccc(Cl)n2)c(F)c1. The Morgan fingerprint density at radius 1 is 1.33 bits per heavy atom. The third kappa shape index (κ3) is 3.41. The molecule has 2 aromatic rings. The number of aromatic nitrogens is 2. The zero-order chi connectivity index (χ0) is 15.6. The third-order valence-corrected chi connectivity index (χ3v) is 3.83. The van der Waals surface area contributed by atoms with Crippen molar-refractivity contribution in [2.24, 2.45) is 0 Å². The van der Waals surface area contributed by atoms with Crippen LogP contribution in [0.3, 0.4) is 0 Å². The number of non-ortho nitro benzene ring substituents is 1. The van der Waals surface area contributed by atoms with Crippen LogP contribution in [0.15, 0.2) is 35.4 Å². The molecule has 11 heteroatoms. The van der Waals surface area contributed by atoms with E-state index in [-0.39, 0.29) is 11.1 Å². The lowest BCUT2D eigenvalue weighted by Gasteiger charge is -2.07. The van der Waals surface area contributed by atoms with Crippen molar-refractivity contribution in [2.75, 3.05) is 4.72 Å². The summed E-state index contributed by atoms with van der Waals surface area (Å²) in [5.41, 5.74) is -0.564. The molecule has 0 unspecified atom stereocenters. The molecule has 1 N–H and O–H groups in total. The predicted molar refractivity (Wildman–Crippen MR) is 70.9 cm³/mol. The molecule has 0 spiro atoms. The van der Waals surface area contributed by atoms with E-state index >= 15 is 0 Å². The van der Waals surface area contributed by atoms with Crippen molar-refractivity contribution in [1.29, 1.82) is 0 Å². The Labute approximate surface area is 122 Å². The Balaban J connectivity index is 2.38. The maximum atomic E-state index is 13.7. The molecule has 0 aliphatic heterocycles. The highest BCUT2D eigenvalue weighted by molar-refractivity contribution is 7.92. The molecule has 0 amide bonds. The van der Waals surface area contributed by atoms with E-state index in [0.717, 1.165) is 12.1 Å². The van der Waals surface area contributed by atoms with E-state index in [4.69, 9.17) is 11.6 Å². The van der Waals surface area contributed by atoms with Crippen molar-refractivity contribution >= 4 is 33.3 Å². The summed E-state index contributed by atoms with van der Waals surface area (Å²) in [7, 11) is -4.33. The van der Waals surface area contributed by atoms with E-state index < -0.39 is 31.3 Å². The molecule has 1 aromatic carbocycles. The highest BCUT2D eigenvalue weighted by atomic mass is 35.5. The Hall–Kier alpha value is -2.33. The first-order valence-corrected chi connectivity index (χ1v) is 7.11. The molecule has 0 saturated carbocycles. The quantitative estimate of drug-likeness (QED) is 0.520. The van der Waals surface area contributed by atoms with E-state index in [0.29, 0.717) is 6.07 Å². The van der Waals surface area contributed by atoms with Gasteiger partial charge in [0.25, 0.3) is 15.7 Å². The van der Waals surface area contributed by atoms with Gasteiger partial charge >= 0.3 is 0 Å². The van der Waals surface area contributed by atoms with Crippen LogP contribution in [0.2, 0.25) is 5.15 Å². The van der Waals surface area contributed by atoms with Gasteiger partial charge in [-0.1, -0.05) is 11.6 Å². The van der Waals surface area contributed by atoms with Crippen LogP contribution in [0.1, 0.15) is 0 Å². The minimum atomic E-state index is -4.33. The van der Waals surface area contributed by atoms with Gasteiger partial charge in [0.2, 0.25) is 5.95 Å². The van der Waals surface area contributed by atoms with Gasteiger partial charge in [-0.05, 0) is 12.1 Å². The molecular weight excluding hydrogens is 327 g/mol. The fourth-order valence-corrected chi connectivity index (χ4v) is 2.53. The minimum Gasteiger partial charge on any atom is -0.258 e. The van der Waals surface area contributed by atoms with Gasteiger partial charge in [-0.2, -0.15) is 0 Å². The lowest BCUT2D eigenvalue weighted by atomic mass is 10.3. The molecule has 0 fully saturated rings. The van der Waals surface area contributed by atoms with Gasteiger partial charge in [-0.15, -0.1) is 0 Å². The van der Waals surface area contributed by atoms with Crippen LogP contribution >= 0.6 is 11.6 Å². The summed E-state index contributed by atoms with van der Waals surface area (Å²) in [6.45, 7) is 0. The molecule has 0 atom stereocenters. The van der Waals surface area contributed by atoms with Crippen molar-refractivity contribution in [3.63, 3.8) is 0 Å². The molecule has 1 heterocycles. The maximum Gasteiger partial charge on any atom is 0.272 e. The molecule has 0 aliphatic carbocycles. The van der Waals surface area contributed by atoms with Crippen molar-refractivity contribution in [2.45, 2.75) is 4.90 Å². The molecule has 2 rings (SSSR count). The molecule has 0 aliphatic rings. The van der Waals surface area contributed by atoms with Gasteiger partial charge in [-0.25, -0.2) is 27.5 Å². The summed E-state index contributed by atoms with van der Waals surface area (Å²) in [4.78, 5) is 16.1. The average Bonchev–Trinajstić information content (AvgIpc) is 2.37. The smallest absolute Gasteiger partial charge is 0.258 e. The van der Waals surface area contributed by atoms with Crippen molar-refractivity contribution in [3.05, 3.63) is 51.5 Å². The van der Waals surface area contributed by atoms with Crippen LogP contribution < -0.4 is 4.72 Å². The minimum absolute atomic E-state index is 0.00753. The molecule has 1 aromatic heterocycles. The highest BCUT2D eigenvalue weighted by Gasteiger charge is 2.22. The third-order valence-electron chi connectivity index (χ3n) is 2.26. The van der Waals surface area contributed by atoms with Gasteiger partial charge in [0.15, 0.2) is 5.82 Å². The predicted octanol–water partition coefficient (Wildman–Crippen LogP) is 1.98. The summed E-state index contributed by atoms with van der Waals surface area (Å²) >= 11 is 5.57. The lowest BCUT2D eigenvalue weighted by Crippen LogP contribution is -2.16. The summed E-state index contributed by atoms with van der Waals surface area (Å²) in [6.07, 6.45) is 1.21.